The van der Waals surface area contributed by atoms with Crippen LogP contribution in [0.15, 0.2) is 30.3 Å². The first-order valence-electron chi connectivity index (χ1n) is 5.59. The molecule has 0 unspecified atom stereocenters. The second kappa shape index (κ2) is 5.70. The number of benzene rings is 1. The van der Waals surface area contributed by atoms with E-state index in [1.807, 2.05) is 30.3 Å². The number of nitriles is 1. The Hall–Kier alpha value is -2.09. The van der Waals surface area contributed by atoms with Gasteiger partial charge in [0.25, 0.3) is 0 Å². The van der Waals surface area contributed by atoms with Crippen molar-refractivity contribution in [1.82, 2.24) is 9.78 Å². The molecular weight excluding hydrogens is 307 g/mol. The van der Waals surface area contributed by atoms with Gasteiger partial charge in [-0.2, -0.15) is 0 Å². The number of primary amides is 1. The number of nitrogens with two attached hydrogens (primary N) is 1. The molecule has 19 heavy (non-hydrogen) atoms. The van der Waals surface area contributed by atoms with Gasteiger partial charge in [0.2, 0.25) is 0 Å². The average molecular weight is 319 g/mol. The number of carbonyl (C=O) groups excluding carboxylic acids is 1. The number of nitrogens with zero attached hydrogens (tertiary/aromatic N) is 3. The summed E-state index contributed by atoms with van der Waals surface area (Å²) in [5.74, 6) is -0.359. The van der Waals surface area contributed by atoms with Crippen molar-refractivity contribution in [3.8, 4) is 11.8 Å². The van der Waals surface area contributed by atoms with E-state index < -0.39 is 0 Å². The Kier molecular flexibility index (Phi) is 4.00. The SMILES string of the molecule is Cc1nn(-c2ccccc2)c([Se]CC(N)=O)c1C#N. The molecule has 2 aromatic rings. The summed E-state index contributed by atoms with van der Waals surface area (Å²) in [6.07, 6.45) is 0. The molecule has 5 nitrogen and oxygen atoms in total. The number of rotatable bonds is 4. The average Bonchev–Trinajstić information content (AvgIpc) is 2.73. The number of carbonyl (C=O) groups is 1. The van der Waals surface area contributed by atoms with Gasteiger partial charge in [-0.05, 0) is 0 Å². The number of aromatic nitrogens is 2. The van der Waals surface area contributed by atoms with Gasteiger partial charge in [-0.25, -0.2) is 0 Å². The molecule has 0 radical (unpaired) electrons. The van der Waals surface area contributed by atoms with Crippen LogP contribution in [-0.2, 0) is 4.79 Å². The zero-order valence-electron chi connectivity index (χ0n) is 10.3. The van der Waals surface area contributed by atoms with E-state index in [2.05, 4.69) is 11.2 Å². The monoisotopic (exact) mass is 320 g/mol. The van der Waals surface area contributed by atoms with Crippen LogP contribution in [0, 0.1) is 18.3 Å². The number of aryl methyl sites for hydroxylation is 1. The van der Waals surface area contributed by atoms with Gasteiger partial charge in [0.1, 0.15) is 0 Å². The van der Waals surface area contributed by atoms with E-state index in [1.165, 1.54) is 0 Å². The summed E-state index contributed by atoms with van der Waals surface area (Å²) >= 11 is -0.200. The van der Waals surface area contributed by atoms with Gasteiger partial charge in [0, 0.05) is 0 Å². The van der Waals surface area contributed by atoms with Crippen molar-refractivity contribution in [2.45, 2.75) is 12.2 Å². The normalized spacial score (nSPS) is 10.1. The summed E-state index contributed by atoms with van der Waals surface area (Å²) in [5, 5.41) is 13.9. The van der Waals surface area contributed by atoms with Crippen LogP contribution in [-0.4, -0.2) is 30.6 Å². The quantitative estimate of drug-likeness (QED) is 0.822. The van der Waals surface area contributed by atoms with E-state index >= 15 is 0 Å². The Bertz CT molecular complexity index is 643. The van der Waals surface area contributed by atoms with Crippen molar-refractivity contribution in [2.75, 3.05) is 0 Å². The van der Waals surface area contributed by atoms with Gasteiger partial charge in [0.05, 0.1) is 0 Å². The molecule has 0 fully saturated rings. The predicted molar refractivity (Wildman–Crippen MR) is 72.4 cm³/mol. The Balaban J connectivity index is 2.49. The number of amides is 1. The first-order valence-corrected chi connectivity index (χ1v) is 7.66. The summed E-state index contributed by atoms with van der Waals surface area (Å²) in [4.78, 5) is 11.0. The fourth-order valence-electron chi connectivity index (χ4n) is 1.65. The first kappa shape index (κ1) is 13.3. The van der Waals surface area contributed by atoms with Gasteiger partial charge in [-0.15, -0.1) is 0 Å². The topological polar surface area (TPSA) is 84.7 Å². The van der Waals surface area contributed by atoms with E-state index in [1.54, 1.807) is 11.6 Å². The Morgan fingerprint density at radius 2 is 2.16 bits per heavy atom. The summed E-state index contributed by atoms with van der Waals surface area (Å²) in [6, 6.07) is 11.7. The third kappa shape index (κ3) is 2.84. The standard InChI is InChI=1S/C13H12N4OSe/c1-9-11(7-14)13(19-8-12(15)18)17(16-9)10-5-3-2-4-6-10/h2-6H,8H2,1H3,(H2,15,18). The minimum absolute atomic E-state index is 0.200. The molecule has 0 saturated carbocycles. The third-order valence-corrected chi connectivity index (χ3v) is 4.75. The van der Waals surface area contributed by atoms with Gasteiger partial charge < -0.3 is 0 Å². The molecule has 0 spiro atoms. The van der Waals surface area contributed by atoms with Crippen LogP contribution in [0.4, 0.5) is 0 Å². The van der Waals surface area contributed by atoms with Crippen LogP contribution in [0.5, 0.6) is 0 Å². The zero-order valence-corrected chi connectivity index (χ0v) is 12.0. The number of hydrogen-bond donors (Lipinski definition) is 1. The van der Waals surface area contributed by atoms with Crippen molar-refractivity contribution < 1.29 is 4.79 Å². The molecule has 96 valence electrons. The molecule has 0 aliphatic rings. The van der Waals surface area contributed by atoms with Gasteiger partial charge >= 0.3 is 117 Å². The van der Waals surface area contributed by atoms with Crippen molar-refractivity contribution >= 4 is 25.5 Å². The van der Waals surface area contributed by atoms with E-state index in [9.17, 15) is 10.1 Å². The molecule has 0 atom stereocenters. The molecule has 0 aliphatic carbocycles. The minimum atomic E-state index is -0.359. The molecule has 0 bridgehead atoms. The van der Waals surface area contributed by atoms with Crippen molar-refractivity contribution in [3.05, 3.63) is 41.6 Å². The van der Waals surface area contributed by atoms with E-state index in [4.69, 9.17) is 5.73 Å². The molecule has 2 N–H and O–H groups in total. The zero-order chi connectivity index (χ0) is 13.8. The van der Waals surface area contributed by atoms with Gasteiger partial charge in [0.15, 0.2) is 0 Å². The first-order chi connectivity index (χ1) is 9.13. The summed E-state index contributed by atoms with van der Waals surface area (Å²) < 4.78 is 2.52. The molecule has 0 saturated heterocycles. The van der Waals surface area contributed by atoms with E-state index in [0.29, 0.717) is 11.3 Å². The third-order valence-electron chi connectivity index (χ3n) is 2.48. The molecule has 1 aromatic carbocycles. The van der Waals surface area contributed by atoms with Crippen LogP contribution in [0.25, 0.3) is 5.69 Å². The maximum absolute atomic E-state index is 11.0. The molecule has 1 aromatic heterocycles. The van der Waals surface area contributed by atoms with Crippen LogP contribution < -0.4 is 10.3 Å². The molecule has 6 heteroatoms. The van der Waals surface area contributed by atoms with Gasteiger partial charge in [-0.1, -0.05) is 0 Å². The van der Waals surface area contributed by atoms with Crippen LogP contribution in [0.3, 0.4) is 0 Å². The number of para-hydroxylation sites is 1. The fraction of sp³-hybridized carbons (Fsp3) is 0.154. The van der Waals surface area contributed by atoms with Gasteiger partial charge in [-0.3, -0.25) is 0 Å². The van der Waals surface area contributed by atoms with E-state index in [-0.39, 0.29) is 26.2 Å². The van der Waals surface area contributed by atoms with Crippen LogP contribution >= 0.6 is 0 Å². The van der Waals surface area contributed by atoms with Crippen molar-refractivity contribution in [2.24, 2.45) is 5.73 Å². The maximum atomic E-state index is 11.0. The van der Waals surface area contributed by atoms with Crippen molar-refractivity contribution in [3.63, 3.8) is 0 Å². The second-order valence-corrected chi connectivity index (χ2v) is 5.90. The molecule has 2 rings (SSSR count). The number of hydrogen-bond acceptors (Lipinski definition) is 3. The fourth-order valence-corrected chi connectivity index (χ4v) is 3.51. The van der Waals surface area contributed by atoms with E-state index in [0.717, 1.165) is 10.3 Å². The molecule has 1 heterocycles. The van der Waals surface area contributed by atoms with Crippen LogP contribution in [0.1, 0.15) is 11.3 Å². The molecule has 0 aliphatic heterocycles. The predicted octanol–water partition coefficient (Wildman–Crippen LogP) is 0.286. The molecule has 1 amide bonds. The summed E-state index contributed by atoms with van der Waals surface area (Å²) in [5.41, 5.74) is 7.29. The second-order valence-electron chi connectivity index (χ2n) is 3.88. The van der Waals surface area contributed by atoms with Crippen molar-refractivity contribution in [1.29, 1.82) is 5.26 Å². The molecular formula is C13H12N4OSe. The Morgan fingerprint density at radius 3 is 2.74 bits per heavy atom. The van der Waals surface area contributed by atoms with Crippen LogP contribution in [0.2, 0.25) is 5.32 Å². The summed E-state index contributed by atoms with van der Waals surface area (Å²) in [7, 11) is 0. The Morgan fingerprint density at radius 1 is 1.47 bits per heavy atom. The Labute approximate surface area is 117 Å². The summed E-state index contributed by atoms with van der Waals surface area (Å²) in [6.45, 7) is 1.79.